The number of nitrogen functional groups attached to an aromatic ring is 1. The molecule has 1 atom stereocenters. The molecule has 1 unspecified atom stereocenters. The van der Waals surface area contributed by atoms with E-state index in [-0.39, 0.29) is 17.8 Å². The van der Waals surface area contributed by atoms with Gasteiger partial charge in [0.05, 0.1) is 7.11 Å². The van der Waals surface area contributed by atoms with E-state index < -0.39 is 6.04 Å². The molecule has 0 amide bonds. The number of aromatic nitrogens is 2. The van der Waals surface area contributed by atoms with E-state index in [1.807, 2.05) is 20.8 Å². The second kappa shape index (κ2) is 6.15. The summed E-state index contributed by atoms with van der Waals surface area (Å²) < 4.78 is 4.76. The lowest BCUT2D eigenvalue weighted by atomic mass is 10.0. The summed E-state index contributed by atoms with van der Waals surface area (Å²) in [4.78, 5) is 19.8. The quantitative estimate of drug-likeness (QED) is 0.403. The second-order valence-electron chi connectivity index (χ2n) is 4.26. The molecule has 1 aromatic heterocycles. The largest absolute Gasteiger partial charge is 0.467 e. The molecule has 7 nitrogen and oxygen atoms in total. The number of esters is 1. The second-order valence-corrected chi connectivity index (χ2v) is 4.26. The van der Waals surface area contributed by atoms with Crippen molar-refractivity contribution in [2.45, 2.75) is 26.8 Å². The van der Waals surface area contributed by atoms with E-state index in [0.29, 0.717) is 5.82 Å². The maximum Gasteiger partial charge on any atom is 0.328 e. The van der Waals surface area contributed by atoms with E-state index in [4.69, 9.17) is 10.6 Å². The molecule has 18 heavy (non-hydrogen) atoms. The zero-order valence-electron chi connectivity index (χ0n) is 11.0. The Morgan fingerprint density at radius 1 is 1.50 bits per heavy atom. The van der Waals surface area contributed by atoms with Crippen LogP contribution in [0.25, 0.3) is 0 Å². The van der Waals surface area contributed by atoms with Gasteiger partial charge in [0.2, 0.25) is 5.95 Å². The normalized spacial score (nSPS) is 12.1. The van der Waals surface area contributed by atoms with Crippen LogP contribution in [0.1, 0.15) is 19.4 Å². The van der Waals surface area contributed by atoms with Crippen molar-refractivity contribution < 1.29 is 9.53 Å². The van der Waals surface area contributed by atoms with Crippen LogP contribution in [0.15, 0.2) is 6.20 Å². The standard InChI is InChI=1S/C11H19N5O2/c1-6(2)8(10(17)18-4)14-9-7(3)5-13-11(15-9)16-12/h5-6,8H,12H2,1-4H3,(H2,13,14,15,16). The first-order chi connectivity index (χ1) is 8.49. The van der Waals surface area contributed by atoms with Crippen molar-refractivity contribution in [1.29, 1.82) is 0 Å². The Morgan fingerprint density at radius 2 is 2.17 bits per heavy atom. The summed E-state index contributed by atoms with van der Waals surface area (Å²) in [6, 6.07) is -0.464. The highest BCUT2D eigenvalue weighted by atomic mass is 16.5. The number of nitrogens with one attached hydrogen (secondary N) is 2. The number of nitrogens with zero attached hydrogens (tertiary/aromatic N) is 2. The minimum Gasteiger partial charge on any atom is -0.467 e. The Balaban J connectivity index is 2.96. The number of rotatable bonds is 5. The summed E-state index contributed by atoms with van der Waals surface area (Å²) >= 11 is 0. The number of hydrogen-bond acceptors (Lipinski definition) is 7. The maximum atomic E-state index is 11.7. The summed E-state index contributed by atoms with van der Waals surface area (Å²) in [5, 5.41) is 3.05. The molecule has 0 saturated carbocycles. The Labute approximate surface area is 106 Å². The van der Waals surface area contributed by atoms with E-state index in [2.05, 4.69) is 20.7 Å². The van der Waals surface area contributed by atoms with Crippen molar-refractivity contribution in [3.05, 3.63) is 11.8 Å². The summed E-state index contributed by atoms with van der Waals surface area (Å²) in [7, 11) is 1.36. The minimum absolute atomic E-state index is 0.0705. The molecule has 0 aromatic carbocycles. The highest BCUT2D eigenvalue weighted by Gasteiger charge is 2.23. The van der Waals surface area contributed by atoms with Crippen molar-refractivity contribution in [2.75, 3.05) is 17.9 Å². The Hall–Kier alpha value is -1.89. The van der Waals surface area contributed by atoms with Crippen LogP contribution in [-0.2, 0) is 9.53 Å². The monoisotopic (exact) mass is 253 g/mol. The summed E-state index contributed by atoms with van der Waals surface area (Å²) in [5.41, 5.74) is 3.18. The molecule has 7 heteroatoms. The number of methoxy groups -OCH3 is 1. The lowest BCUT2D eigenvalue weighted by Gasteiger charge is -2.21. The van der Waals surface area contributed by atoms with Crippen LogP contribution in [0.5, 0.6) is 0 Å². The van der Waals surface area contributed by atoms with E-state index in [1.54, 1.807) is 6.20 Å². The van der Waals surface area contributed by atoms with Crippen LogP contribution in [0.4, 0.5) is 11.8 Å². The third-order valence-electron chi connectivity index (χ3n) is 2.51. The van der Waals surface area contributed by atoms with Crippen molar-refractivity contribution >= 4 is 17.7 Å². The van der Waals surface area contributed by atoms with Crippen LogP contribution in [0.2, 0.25) is 0 Å². The zero-order valence-corrected chi connectivity index (χ0v) is 11.0. The summed E-state index contributed by atoms with van der Waals surface area (Å²) in [6.07, 6.45) is 1.62. The molecule has 0 radical (unpaired) electrons. The van der Waals surface area contributed by atoms with Gasteiger partial charge in [-0.25, -0.2) is 15.6 Å². The highest BCUT2D eigenvalue weighted by Crippen LogP contribution is 2.16. The number of ether oxygens (including phenoxy) is 1. The maximum absolute atomic E-state index is 11.7. The lowest BCUT2D eigenvalue weighted by molar-refractivity contribution is -0.142. The number of hydrazine groups is 1. The van der Waals surface area contributed by atoms with Crippen molar-refractivity contribution in [3.63, 3.8) is 0 Å². The third-order valence-corrected chi connectivity index (χ3v) is 2.51. The lowest BCUT2D eigenvalue weighted by Crippen LogP contribution is -2.36. The molecule has 0 bridgehead atoms. The molecule has 0 aliphatic carbocycles. The van der Waals surface area contributed by atoms with Crippen LogP contribution >= 0.6 is 0 Å². The van der Waals surface area contributed by atoms with Gasteiger partial charge in [0.15, 0.2) is 0 Å². The molecule has 0 aliphatic heterocycles. The molecule has 0 fully saturated rings. The molecule has 0 saturated heterocycles. The summed E-state index contributed by atoms with van der Waals surface area (Å²) in [5.74, 6) is 5.84. The van der Waals surface area contributed by atoms with Crippen LogP contribution in [0.3, 0.4) is 0 Å². The smallest absolute Gasteiger partial charge is 0.328 e. The number of carbonyl (C=O) groups is 1. The van der Waals surface area contributed by atoms with E-state index in [9.17, 15) is 4.79 Å². The van der Waals surface area contributed by atoms with Gasteiger partial charge in [-0.15, -0.1) is 0 Å². The number of hydrogen-bond donors (Lipinski definition) is 3. The molecular formula is C11H19N5O2. The van der Waals surface area contributed by atoms with E-state index >= 15 is 0 Å². The Kier molecular flexibility index (Phi) is 4.85. The predicted molar refractivity (Wildman–Crippen MR) is 68.8 cm³/mol. The minimum atomic E-state index is -0.464. The number of nitrogens with two attached hydrogens (primary N) is 1. The molecule has 1 aromatic rings. The molecule has 0 spiro atoms. The van der Waals surface area contributed by atoms with Gasteiger partial charge in [-0.2, -0.15) is 4.98 Å². The van der Waals surface area contributed by atoms with Crippen LogP contribution < -0.4 is 16.6 Å². The fourth-order valence-electron chi connectivity index (χ4n) is 1.43. The fourth-order valence-corrected chi connectivity index (χ4v) is 1.43. The van der Waals surface area contributed by atoms with E-state index in [0.717, 1.165) is 5.56 Å². The first-order valence-electron chi connectivity index (χ1n) is 5.64. The van der Waals surface area contributed by atoms with Gasteiger partial charge in [0, 0.05) is 11.8 Å². The fraction of sp³-hybridized carbons (Fsp3) is 0.545. The molecule has 1 rings (SSSR count). The molecule has 0 aliphatic rings. The van der Waals surface area contributed by atoms with Gasteiger partial charge < -0.3 is 10.1 Å². The van der Waals surface area contributed by atoms with Gasteiger partial charge in [-0.3, -0.25) is 5.43 Å². The van der Waals surface area contributed by atoms with Gasteiger partial charge in [-0.05, 0) is 12.8 Å². The molecule has 100 valence electrons. The predicted octanol–water partition coefficient (Wildman–Crippen LogP) is 0.680. The summed E-state index contributed by atoms with van der Waals surface area (Å²) in [6.45, 7) is 5.69. The van der Waals surface area contributed by atoms with Crippen LogP contribution in [0, 0.1) is 12.8 Å². The SMILES string of the molecule is COC(=O)C(Nc1nc(NN)ncc1C)C(C)C. The molecule has 1 heterocycles. The first-order valence-corrected chi connectivity index (χ1v) is 5.64. The van der Waals surface area contributed by atoms with Gasteiger partial charge in [0.25, 0.3) is 0 Å². The van der Waals surface area contributed by atoms with Crippen molar-refractivity contribution in [1.82, 2.24) is 9.97 Å². The third kappa shape index (κ3) is 3.30. The van der Waals surface area contributed by atoms with Crippen molar-refractivity contribution in [3.8, 4) is 0 Å². The van der Waals surface area contributed by atoms with Crippen molar-refractivity contribution in [2.24, 2.45) is 11.8 Å². The van der Waals surface area contributed by atoms with Gasteiger partial charge in [-0.1, -0.05) is 13.8 Å². The number of anilines is 2. The Bertz CT molecular complexity index is 422. The first kappa shape index (κ1) is 14.2. The van der Waals surface area contributed by atoms with Crippen LogP contribution in [-0.4, -0.2) is 29.1 Å². The molecular weight excluding hydrogens is 234 g/mol. The average molecular weight is 253 g/mol. The number of carbonyl (C=O) groups excluding carboxylic acids is 1. The van der Waals surface area contributed by atoms with Gasteiger partial charge >= 0.3 is 5.97 Å². The average Bonchev–Trinajstić information content (AvgIpc) is 2.36. The highest BCUT2D eigenvalue weighted by molar-refractivity contribution is 5.79. The Morgan fingerprint density at radius 3 is 2.67 bits per heavy atom. The topological polar surface area (TPSA) is 102 Å². The molecule has 4 N–H and O–H groups in total. The zero-order chi connectivity index (χ0) is 13.7. The van der Waals surface area contributed by atoms with Gasteiger partial charge in [0.1, 0.15) is 11.9 Å². The number of aryl methyl sites for hydroxylation is 1. The van der Waals surface area contributed by atoms with E-state index in [1.165, 1.54) is 7.11 Å².